The summed E-state index contributed by atoms with van der Waals surface area (Å²) in [4.78, 5) is 0. The van der Waals surface area contributed by atoms with Crippen LogP contribution in [0.2, 0.25) is 0 Å². The molecule has 0 heterocycles. The van der Waals surface area contributed by atoms with E-state index in [4.69, 9.17) is 9.47 Å². The molecule has 2 aromatic carbocycles. The van der Waals surface area contributed by atoms with E-state index in [2.05, 4.69) is 41.8 Å². The number of aryl methyl sites for hydroxylation is 1. The third-order valence-electron chi connectivity index (χ3n) is 3.99. The van der Waals surface area contributed by atoms with Gasteiger partial charge in [0.15, 0.2) is 11.5 Å². The third-order valence-corrected chi connectivity index (χ3v) is 3.99. The predicted octanol–water partition coefficient (Wildman–Crippen LogP) is 3.49. The molecular formula is C21H32Cl2N2O3. The van der Waals surface area contributed by atoms with Gasteiger partial charge in [0.25, 0.3) is 0 Å². The van der Waals surface area contributed by atoms with E-state index < -0.39 is 0 Å². The van der Waals surface area contributed by atoms with E-state index in [-0.39, 0.29) is 30.9 Å². The van der Waals surface area contributed by atoms with Gasteiger partial charge in [0.2, 0.25) is 0 Å². The summed E-state index contributed by atoms with van der Waals surface area (Å²) >= 11 is 0. The molecule has 0 saturated heterocycles. The molecule has 0 fully saturated rings. The summed E-state index contributed by atoms with van der Waals surface area (Å²) in [5.41, 5.74) is 3.51. The average Bonchev–Trinajstić information content (AvgIpc) is 2.64. The smallest absolute Gasteiger partial charge is 0.161 e. The molecule has 1 unspecified atom stereocenters. The Balaban J connectivity index is 0.00000364. The lowest BCUT2D eigenvalue weighted by Crippen LogP contribution is -2.31. The second-order valence-electron chi connectivity index (χ2n) is 6.49. The van der Waals surface area contributed by atoms with Gasteiger partial charge in [-0.15, -0.1) is 24.8 Å². The predicted molar refractivity (Wildman–Crippen MR) is 119 cm³/mol. The Hall–Kier alpha value is -1.50. The van der Waals surface area contributed by atoms with Crippen LogP contribution in [0.4, 0.5) is 0 Å². The van der Waals surface area contributed by atoms with Crippen molar-refractivity contribution < 1.29 is 14.6 Å². The molecule has 0 saturated carbocycles. The number of benzene rings is 2. The van der Waals surface area contributed by atoms with Gasteiger partial charge in [-0.3, -0.25) is 0 Å². The monoisotopic (exact) mass is 430 g/mol. The van der Waals surface area contributed by atoms with E-state index in [0.717, 1.165) is 42.3 Å². The Morgan fingerprint density at radius 3 is 2.21 bits per heavy atom. The van der Waals surface area contributed by atoms with Crippen LogP contribution in [0.15, 0.2) is 42.5 Å². The summed E-state index contributed by atoms with van der Waals surface area (Å²) in [7, 11) is 1.66. The Morgan fingerprint density at radius 1 is 0.929 bits per heavy atom. The summed E-state index contributed by atoms with van der Waals surface area (Å²) in [6.45, 7) is 7.38. The molecular weight excluding hydrogens is 399 g/mol. The van der Waals surface area contributed by atoms with E-state index in [1.54, 1.807) is 14.0 Å². The molecule has 0 radical (unpaired) electrons. The van der Waals surface area contributed by atoms with Crippen LogP contribution >= 0.6 is 24.8 Å². The Bertz CT molecular complexity index is 667. The van der Waals surface area contributed by atoms with Crippen molar-refractivity contribution in [2.45, 2.75) is 33.1 Å². The van der Waals surface area contributed by atoms with Crippen molar-refractivity contribution in [3.8, 4) is 11.5 Å². The van der Waals surface area contributed by atoms with Gasteiger partial charge in [-0.05, 0) is 37.1 Å². The summed E-state index contributed by atoms with van der Waals surface area (Å²) in [6, 6.07) is 14.3. The fraction of sp³-hybridized carbons (Fsp3) is 0.429. The molecule has 0 aliphatic carbocycles. The largest absolute Gasteiger partial charge is 0.493 e. The van der Waals surface area contributed by atoms with E-state index in [1.165, 1.54) is 5.56 Å². The molecule has 0 amide bonds. The number of rotatable bonds is 11. The lowest BCUT2D eigenvalue weighted by molar-refractivity contribution is 0.191. The molecule has 28 heavy (non-hydrogen) atoms. The highest BCUT2D eigenvalue weighted by Crippen LogP contribution is 2.28. The van der Waals surface area contributed by atoms with Crippen molar-refractivity contribution in [3.63, 3.8) is 0 Å². The maximum Gasteiger partial charge on any atom is 0.161 e. The molecule has 0 aliphatic heterocycles. The lowest BCUT2D eigenvalue weighted by Gasteiger charge is -2.13. The van der Waals surface area contributed by atoms with Crippen LogP contribution in [0.25, 0.3) is 0 Å². The standard InChI is InChI=1S/C21H30N2O3.2ClH/c1-16-4-6-18(7-5-16)15-26-20-9-8-19(12-21(20)25-3)14-23-11-10-22-13-17(2)24;;/h4-9,12,17,22-24H,10-11,13-15H2,1-3H3;2*1H. The number of hydrogen-bond donors (Lipinski definition) is 3. The van der Waals surface area contributed by atoms with Crippen LogP contribution < -0.4 is 20.1 Å². The molecule has 0 bridgehead atoms. The first kappa shape index (κ1) is 26.5. The Morgan fingerprint density at radius 2 is 1.57 bits per heavy atom. The van der Waals surface area contributed by atoms with E-state index in [9.17, 15) is 5.11 Å². The van der Waals surface area contributed by atoms with Gasteiger partial charge >= 0.3 is 0 Å². The van der Waals surface area contributed by atoms with Crippen LogP contribution in [-0.2, 0) is 13.2 Å². The number of aliphatic hydroxyl groups excluding tert-OH is 1. The van der Waals surface area contributed by atoms with Crippen LogP contribution in [0.5, 0.6) is 11.5 Å². The minimum Gasteiger partial charge on any atom is -0.493 e. The quantitative estimate of drug-likeness (QED) is 0.476. The Labute approximate surface area is 180 Å². The van der Waals surface area contributed by atoms with Gasteiger partial charge in [-0.25, -0.2) is 0 Å². The van der Waals surface area contributed by atoms with Crippen molar-refractivity contribution in [3.05, 3.63) is 59.2 Å². The highest BCUT2D eigenvalue weighted by molar-refractivity contribution is 5.85. The fourth-order valence-corrected chi connectivity index (χ4v) is 2.51. The van der Waals surface area contributed by atoms with Crippen molar-refractivity contribution in [2.24, 2.45) is 0 Å². The molecule has 2 rings (SSSR count). The van der Waals surface area contributed by atoms with Crippen LogP contribution in [0, 0.1) is 6.92 Å². The minimum absolute atomic E-state index is 0. The van der Waals surface area contributed by atoms with Crippen molar-refractivity contribution in [2.75, 3.05) is 26.7 Å². The summed E-state index contributed by atoms with van der Waals surface area (Å²) < 4.78 is 11.4. The molecule has 1 atom stereocenters. The molecule has 0 spiro atoms. The van der Waals surface area contributed by atoms with Crippen molar-refractivity contribution in [1.29, 1.82) is 0 Å². The van der Waals surface area contributed by atoms with Crippen LogP contribution in [-0.4, -0.2) is 38.0 Å². The summed E-state index contributed by atoms with van der Waals surface area (Å²) in [5.74, 6) is 1.49. The highest BCUT2D eigenvalue weighted by Gasteiger charge is 2.06. The summed E-state index contributed by atoms with van der Waals surface area (Å²) in [5, 5.41) is 15.7. The van der Waals surface area contributed by atoms with Gasteiger partial charge in [-0.2, -0.15) is 0 Å². The molecule has 3 N–H and O–H groups in total. The van der Waals surface area contributed by atoms with Crippen molar-refractivity contribution >= 4 is 24.8 Å². The minimum atomic E-state index is -0.313. The van der Waals surface area contributed by atoms with E-state index in [0.29, 0.717) is 13.2 Å². The van der Waals surface area contributed by atoms with Gasteiger partial charge in [-0.1, -0.05) is 35.9 Å². The Kier molecular flexibility index (Phi) is 13.7. The second kappa shape index (κ2) is 14.5. The first-order valence-electron chi connectivity index (χ1n) is 9.03. The first-order valence-corrected chi connectivity index (χ1v) is 9.03. The molecule has 7 heteroatoms. The zero-order valence-electron chi connectivity index (χ0n) is 16.7. The highest BCUT2D eigenvalue weighted by atomic mass is 35.5. The fourth-order valence-electron chi connectivity index (χ4n) is 2.51. The molecule has 2 aromatic rings. The van der Waals surface area contributed by atoms with Gasteiger partial charge in [0, 0.05) is 26.2 Å². The molecule has 158 valence electrons. The number of nitrogens with one attached hydrogen (secondary N) is 2. The topological polar surface area (TPSA) is 62.8 Å². The average molecular weight is 431 g/mol. The van der Waals surface area contributed by atoms with Gasteiger partial charge < -0.3 is 25.2 Å². The van der Waals surface area contributed by atoms with Crippen molar-refractivity contribution in [1.82, 2.24) is 10.6 Å². The number of hydrogen-bond acceptors (Lipinski definition) is 5. The zero-order valence-corrected chi connectivity index (χ0v) is 18.4. The van der Waals surface area contributed by atoms with Crippen LogP contribution in [0.1, 0.15) is 23.6 Å². The number of halogens is 2. The zero-order chi connectivity index (χ0) is 18.8. The first-order chi connectivity index (χ1) is 12.6. The maximum absolute atomic E-state index is 9.19. The van der Waals surface area contributed by atoms with E-state index >= 15 is 0 Å². The normalized spacial score (nSPS) is 11.1. The summed E-state index contributed by atoms with van der Waals surface area (Å²) in [6.07, 6.45) is -0.313. The molecule has 0 aromatic heterocycles. The number of ether oxygens (including phenoxy) is 2. The lowest BCUT2D eigenvalue weighted by atomic mass is 10.1. The van der Waals surface area contributed by atoms with E-state index in [1.807, 2.05) is 18.2 Å². The second-order valence-corrected chi connectivity index (χ2v) is 6.49. The van der Waals surface area contributed by atoms with Gasteiger partial charge in [0.05, 0.1) is 13.2 Å². The molecule has 5 nitrogen and oxygen atoms in total. The number of methoxy groups -OCH3 is 1. The number of aliphatic hydroxyl groups is 1. The maximum atomic E-state index is 9.19. The third kappa shape index (κ3) is 9.62. The van der Waals surface area contributed by atoms with Gasteiger partial charge in [0.1, 0.15) is 6.61 Å². The molecule has 0 aliphatic rings. The van der Waals surface area contributed by atoms with Crippen LogP contribution in [0.3, 0.4) is 0 Å². The SMILES string of the molecule is COc1cc(CNCCNCC(C)O)ccc1OCc1ccc(C)cc1.Cl.Cl.